The summed E-state index contributed by atoms with van der Waals surface area (Å²) in [5.41, 5.74) is 0.644. The van der Waals surface area contributed by atoms with E-state index in [0.29, 0.717) is 31.5 Å². The van der Waals surface area contributed by atoms with Gasteiger partial charge in [0.2, 0.25) is 0 Å². The molecule has 1 aliphatic heterocycles. The number of piperidine rings is 1. The number of aryl methyl sites for hydroxylation is 1. The zero-order valence-corrected chi connectivity index (χ0v) is 14.2. The summed E-state index contributed by atoms with van der Waals surface area (Å²) in [6.07, 6.45) is 2.42. The Bertz CT molecular complexity index is 776. The van der Waals surface area contributed by atoms with Gasteiger partial charge in [-0.1, -0.05) is 5.21 Å². The summed E-state index contributed by atoms with van der Waals surface area (Å²) < 4.78 is 27.7. The van der Waals surface area contributed by atoms with Gasteiger partial charge in [0.1, 0.15) is 0 Å². The molecule has 2 aromatic heterocycles. The number of aromatic nitrogens is 3. The molecule has 1 fully saturated rings. The van der Waals surface area contributed by atoms with Crippen LogP contribution in [0.1, 0.15) is 23.2 Å². The van der Waals surface area contributed by atoms with Gasteiger partial charge in [0.15, 0.2) is 5.03 Å². The second-order valence-corrected chi connectivity index (χ2v) is 8.02. The van der Waals surface area contributed by atoms with Crippen LogP contribution in [0.15, 0.2) is 28.0 Å². The average molecular weight is 355 g/mol. The SMILES string of the molecule is Cn1nncc1S(=O)(=O)N1CCC(NC(=O)c2ccsc2)CC1. The number of hydrogen-bond acceptors (Lipinski definition) is 6. The summed E-state index contributed by atoms with van der Waals surface area (Å²) in [5.74, 6) is -0.108. The van der Waals surface area contributed by atoms with Crippen molar-refractivity contribution >= 4 is 27.3 Å². The van der Waals surface area contributed by atoms with E-state index in [1.807, 2.05) is 5.38 Å². The van der Waals surface area contributed by atoms with Gasteiger partial charge in [-0.15, -0.1) is 5.10 Å². The third kappa shape index (κ3) is 3.28. The molecule has 3 heterocycles. The predicted octanol–water partition coefficient (Wildman–Crippen LogP) is 0.460. The zero-order chi connectivity index (χ0) is 16.4. The Morgan fingerprint density at radius 1 is 1.39 bits per heavy atom. The fourth-order valence-electron chi connectivity index (χ4n) is 2.55. The van der Waals surface area contributed by atoms with Gasteiger partial charge in [0.05, 0.1) is 6.20 Å². The molecule has 0 radical (unpaired) electrons. The van der Waals surface area contributed by atoms with Crippen LogP contribution < -0.4 is 5.32 Å². The fourth-order valence-corrected chi connectivity index (χ4v) is 4.69. The van der Waals surface area contributed by atoms with E-state index in [2.05, 4.69) is 15.6 Å². The number of amides is 1. The molecule has 0 atom stereocenters. The Morgan fingerprint density at radius 3 is 2.70 bits per heavy atom. The van der Waals surface area contributed by atoms with Crippen molar-refractivity contribution in [1.29, 1.82) is 0 Å². The van der Waals surface area contributed by atoms with E-state index in [1.165, 1.54) is 26.5 Å². The van der Waals surface area contributed by atoms with Crippen LogP contribution in [-0.4, -0.2) is 52.8 Å². The Balaban J connectivity index is 1.60. The molecule has 3 rings (SSSR count). The minimum atomic E-state index is -3.58. The van der Waals surface area contributed by atoms with Gasteiger partial charge in [-0.25, -0.2) is 13.1 Å². The standard InChI is InChI=1S/C13H17N5O3S2/c1-17-12(8-14-16-17)23(20,21)18-5-2-11(3-6-18)15-13(19)10-4-7-22-9-10/h4,7-9,11H,2-3,5-6H2,1H3,(H,15,19). The number of rotatable bonds is 4. The van der Waals surface area contributed by atoms with E-state index < -0.39 is 10.0 Å². The summed E-state index contributed by atoms with van der Waals surface area (Å²) in [5, 5.41) is 14.0. The molecule has 8 nitrogen and oxygen atoms in total. The van der Waals surface area contributed by atoms with Crippen LogP contribution in [0, 0.1) is 0 Å². The van der Waals surface area contributed by atoms with Gasteiger partial charge in [-0.3, -0.25) is 4.79 Å². The quantitative estimate of drug-likeness (QED) is 0.859. The van der Waals surface area contributed by atoms with Gasteiger partial charge in [0, 0.05) is 37.1 Å². The van der Waals surface area contributed by atoms with Crippen molar-refractivity contribution in [3.8, 4) is 0 Å². The highest BCUT2D eigenvalue weighted by atomic mass is 32.2. The highest BCUT2D eigenvalue weighted by Gasteiger charge is 2.32. The Labute approximate surface area is 138 Å². The molecule has 124 valence electrons. The minimum Gasteiger partial charge on any atom is -0.349 e. The third-order valence-corrected chi connectivity index (χ3v) is 6.48. The molecule has 0 aliphatic carbocycles. The molecule has 0 saturated carbocycles. The number of nitrogens with zero attached hydrogens (tertiary/aromatic N) is 4. The molecule has 0 unspecified atom stereocenters. The van der Waals surface area contributed by atoms with Gasteiger partial charge < -0.3 is 5.32 Å². The van der Waals surface area contributed by atoms with Crippen molar-refractivity contribution in [1.82, 2.24) is 24.6 Å². The number of carbonyl (C=O) groups is 1. The molecular weight excluding hydrogens is 338 g/mol. The smallest absolute Gasteiger partial charge is 0.261 e. The number of sulfonamides is 1. The van der Waals surface area contributed by atoms with Gasteiger partial charge in [0.25, 0.3) is 15.9 Å². The molecule has 1 aliphatic rings. The van der Waals surface area contributed by atoms with E-state index >= 15 is 0 Å². The van der Waals surface area contributed by atoms with Crippen molar-refractivity contribution in [3.63, 3.8) is 0 Å². The summed E-state index contributed by atoms with van der Waals surface area (Å²) in [4.78, 5) is 12.0. The molecule has 23 heavy (non-hydrogen) atoms. The van der Waals surface area contributed by atoms with Crippen molar-refractivity contribution in [2.24, 2.45) is 7.05 Å². The monoisotopic (exact) mass is 355 g/mol. The van der Waals surface area contributed by atoms with Gasteiger partial charge in [-0.05, 0) is 24.3 Å². The van der Waals surface area contributed by atoms with E-state index in [1.54, 1.807) is 18.5 Å². The lowest BCUT2D eigenvalue weighted by atomic mass is 10.1. The second kappa shape index (κ2) is 6.38. The molecular formula is C13H17N5O3S2. The topological polar surface area (TPSA) is 97.2 Å². The third-order valence-electron chi connectivity index (χ3n) is 3.85. The molecule has 10 heteroatoms. The van der Waals surface area contributed by atoms with Crippen molar-refractivity contribution in [3.05, 3.63) is 28.6 Å². The van der Waals surface area contributed by atoms with Crippen LogP contribution >= 0.6 is 11.3 Å². The lowest BCUT2D eigenvalue weighted by Crippen LogP contribution is -2.46. The van der Waals surface area contributed by atoms with Crippen LogP contribution in [0.4, 0.5) is 0 Å². The van der Waals surface area contributed by atoms with E-state index in [0.717, 1.165) is 0 Å². The summed E-state index contributed by atoms with van der Waals surface area (Å²) in [7, 11) is -2.03. The minimum absolute atomic E-state index is 0.0153. The summed E-state index contributed by atoms with van der Waals surface area (Å²) >= 11 is 1.47. The molecule has 0 bridgehead atoms. The summed E-state index contributed by atoms with van der Waals surface area (Å²) in [6.45, 7) is 0.726. The molecule has 1 N–H and O–H groups in total. The first kappa shape index (κ1) is 16.1. The van der Waals surface area contributed by atoms with Gasteiger partial charge >= 0.3 is 0 Å². The highest BCUT2D eigenvalue weighted by Crippen LogP contribution is 2.20. The lowest BCUT2D eigenvalue weighted by molar-refractivity contribution is 0.0924. The van der Waals surface area contributed by atoms with Crippen LogP contribution in [0.25, 0.3) is 0 Å². The van der Waals surface area contributed by atoms with Crippen molar-refractivity contribution in [2.45, 2.75) is 23.9 Å². The largest absolute Gasteiger partial charge is 0.349 e. The Kier molecular flexibility index (Phi) is 4.46. The number of hydrogen-bond donors (Lipinski definition) is 1. The maximum atomic E-state index is 12.5. The fraction of sp³-hybridized carbons (Fsp3) is 0.462. The van der Waals surface area contributed by atoms with Crippen molar-refractivity contribution < 1.29 is 13.2 Å². The maximum absolute atomic E-state index is 12.5. The molecule has 0 spiro atoms. The highest BCUT2D eigenvalue weighted by molar-refractivity contribution is 7.89. The average Bonchev–Trinajstić information content (AvgIpc) is 3.19. The number of thiophene rings is 1. The van der Waals surface area contributed by atoms with E-state index in [-0.39, 0.29) is 17.0 Å². The van der Waals surface area contributed by atoms with Gasteiger partial charge in [-0.2, -0.15) is 15.6 Å². The van der Waals surface area contributed by atoms with E-state index in [9.17, 15) is 13.2 Å². The number of nitrogens with one attached hydrogen (secondary N) is 1. The second-order valence-electron chi connectivity index (χ2n) is 5.36. The first-order valence-corrected chi connectivity index (χ1v) is 9.54. The summed E-state index contributed by atoms with van der Waals surface area (Å²) in [6, 6.07) is 1.76. The normalized spacial score (nSPS) is 17.3. The number of carbonyl (C=O) groups excluding carboxylic acids is 1. The van der Waals surface area contributed by atoms with Crippen molar-refractivity contribution in [2.75, 3.05) is 13.1 Å². The Hall–Kier alpha value is -1.78. The maximum Gasteiger partial charge on any atom is 0.261 e. The first-order chi connectivity index (χ1) is 11.0. The Morgan fingerprint density at radius 2 is 2.13 bits per heavy atom. The van der Waals surface area contributed by atoms with Crippen LogP contribution in [0.3, 0.4) is 0 Å². The predicted molar refractivity (Wildman–Crippen MR) is 84.6 cm³/mol. The van der Waals surface area contributed by atoms with Crippen LogP contribution in [0.2, 0.25) is 0 Å². The van der Waals surface area contributed by atoms with Crippen LogP contribution in [0.5, 0.6) is 0 Å². The molecule has 2 aromatic rings. The van der Waals surface area contributed by atoms with Crippen LogP contribution in [-0.2, 0) is 17.1 Å². The first-order valence-electron chi connectivity index (χ1n) is 7.16. The molecule has 1 amide bonds. The lowest BCUT2D eigenvalue weighted by Gasteiger charge is -2.31. The molecule has 0 aromatic carbocycles. The molecule has 1 saturated heterocycles. The van der Waals surface area contributed by atoms with E-state index in [4.69, 9.17) is 0 Å². The zero-order valence-electron chi connectivity index (χ0n) is 12.5.